The second-order valence-electron chi connectivity index (χ2n) is 7.08. The molecule has 1 amide bonds. The number of carbonyl (C=O) groups excluding carboxylic acids is 1. The Morgan fingerprint density at radius 3 is 2.71 bits per heavy atom. The number of piperidine rings is 1. The molecule has 1 aliphatic rings. The second kappa shape index (κ2) is 8.57. The van der Waals surface area contributed by atoms with Crippen molar-refractivity contribution >= 4 is 22.4 Å². The summed E-state index contributed by atoms with van der Waals surface area (Å²) in [5, 5.41) is 16.9. The Balaban J connectivity index is 1.53. The number of likely N-dealkylation sites (tertiary alicyclic amines) is 1. The van der Waals surface area contributed by atoms with Crippen molar-refractivity contribution in [1.82, 2.24) is 35.1 Å². The van der Waals surface area contributed by atoms with E-state index < -0.39 is 11.2 Å². The smallest absolute Gasteiger partial charge is 0.358 e. The maximum atomic E-state index is 13.4. The van der Waals surface area contributed by atoms with Gasteiger partial charge < -0.3 is 10.2 Å². The summed E-state index contributed by atoms with van der Waals surface area (Å²) in [5.41, 5.74) is 1.38. The van der Waals surface area contributed by atoms with E-state index in [2.05, 4.69) is 30.7 Å². The summed E-state index contributed by atoms with van der Waals surface area (Å²) in [6, 6.07) is 3.30. The van der Waals surface area contributed by atoms with Crippen molar-refractivity contribution in [2.24, 2.45) is 0 Å². The van der Waals surface area contributed by atoms with Crippen LogP contribution in [0.3, 0.4) is 0 Å². The lowest BCUT2D eigenvalue weighted by atomic mass is 10.0. The number of rotatable bonds is 5. The zero-order valence-corrected chi connectivity index (χ0v) is 17.3. The highest BCUT2D eigenvalue weighted by molar-refractivity contribution is 7.15. The lowest BCUT2D eigenvalue weighted by molar-refractivity contribution is -0.138. The number of aromatic nitrogens is 6. The van der Waals surface area contributed by atoms with Crippen LogP contribution in [0.15, 0.2) is 24.5 Å². The number of carbonyl (C=O) groups is 1. The number of hydrogen-bond donors (Lipinski definition) is 1. The van der Waals surface area contributed by atoms with Crippen LogP contribution >= 0.6 is 11.3 Å². The molecule has 1 saturated heterocycles. The summed E-state index contributed by atoms with van der Waals surface area (Å²) in [4.78, 5) is 20.9. The third kappa shape index (κ3) is 4.65. The fourth-order valence-electron chi connectivity index (χ4n) is 3.44. The minimum absolute atomic E-state index is 0.0698. The number of alkyl halides is 3. The molecule has 0 saturated carbocycles. The molecule has 1 unspecified atom stereocenters. The van der Waals surface area contributed by atoms with E-state index in [9.17, 15) is 18.0 Å². The monoisotopic (exact) mass is 452 g/mol. The maximum Gasteiger partial charge on any atom is 0.445 e. The van der Waals surface area contributed by atoms with Gasteiger partial charge in [-0.1, -0.05) is 11.3 Å². The number of anilines is 1. The van der Waals surface area contributed by atoms with Crippen LogP contribution in [0.25, 0.3) is 5.69 Å². The lowest BCUT2D eigenvalue weighted by Crippen LogP contribution is -2.47. The zero-order chi connectivity index (χ0) is 22.0. The van der Waals surface area contributed by atoms with Crippen molar-refractivity contribution in [3.8, 4) is 5.69 Å². The van der Waals surface area contributed by atoms with Crippen LogP contribution in [0.1, 0.15) is 40.5 Å². The number of nitrogens with zero attached hydrogens (tertiary/aromatic N) is 7. The predicted octanol–water partition coefficient (Wildman–Crippen LogP) is 2.95. The van der Waals surface area contributed by atoms with E-state index >= 15 is 0 Å². The van der Waals surface area contributed by atoms with Gasteiger partial charge in [0.25, 0.3) is 5.91 Å². The van der Waals surface area contributed by atoms with Crippen molar-refractivity contribution < 1.29 is 18.0 Å². The van der Waals surface area contributed by atoms with Gasteiger partial charge in [-0.05, 0) is 38.3 Å². The Morgan fingerprint density at radius 1 is 1.23 bits per heavy atom. The first-order valence-corrected chi connectivity index (χ1v) is 10.4. The van der Waals surface area contributed by atoms with Crippen molar-refractivity contribution in [2.75, 3.05) is 18.4 Å². The topological polar surface area (TPSA) is 102 Å². The molecule has 0 aromatic carbocycles. The summed E-state index contributed by atoms with van der Waals surface area (Å²) in [5.74, 6) is -0.268. The molecule has 1 aliphatic heterocycles. The highest BCUT2D eigenvalue weighted by atomic mass is 32.1. The van der Waals surface area contributed by atoms with Crippen molar-refractivity contribution in [1.29, 1.82) is 0 Å². The molecular formula is C18H19F3N8OS. The second-order valence-corrected chi connectivity index (χ2v) is 8.06. The molecule has 13 heteroatoms. The maximum absolute atomic E-state index is 13.4. The first kappa shape index (κ1) is 21.2. The minimum Gasteiger partial charge on any atom is -0.358 e. The minimum atomic E-state index is -4.53. The standard InChI is InChI=1S/C18H19F3N8OS/c1-11-5-6-13(29-23-7-8-24-29)14(25-11)15(30)28-9-3-2-4-12(28)10-22-17-27-26-16(31-17)18(19,20)21/h5-8,12H,2-4,9-10H2,1H3,(H,22,27). The van der Waals surface area contributed by atoms with Gasteiger partial charge in [-0.25, -0.2) is 4.98 Å². The lowest BCUT2D eigenvalue weighted by Gasteiger charge is -2.35. The van der Waals surface area contributed by atoms with Crippen LogP contribution in [0.2, 0.25) is 0 Å². The van der Waals surface area contributed by atoms with E-state index in [1.165, 1.54) is 17.2 Å². The number of pyridine rings is 1. The predicted molar refractivity (Wildman–Crippen MR) is 106 cm³/mol. The normalized spacial score (nSPS) is 17.0. The molecule has 4 rings (SSSR count). The van der Waals surface area contributed by atoms with Crippen molar-refractivity contribution in [2.45, 2.75) is 38.4 Å². The van der Waals surface area contributed by atoms with E-state index in [1.807, 2.05) is 0 Å². The van der Waals surface area contributed by atoms with Crippen LogP contribution in [0.5, 0.6) is 0 Å². The van der Waals surface area contributed by atoms with E-state index in [0.29, 0.717) is 35.7 Å². The number of halogens is 3. The largest absolute Gasteiger partial charge is 0.445 e. The molecule has 3 aromatic rings. The van der Waals surface area contributed by atoms with Gasteiger partial charge in [0, 0.05) is 24.8 Å². The summed E-state index contributed by atoms with van der Waals surface area (Å²) >= 11 is 0.443. The molecule has 1 atom stereocenters. The summed E-state index contributed by atoms with van der Waals surface area (Å²) in [7, 11) is 0. The van der Waals surface area contributed by atoms with Gasteiger partial charge in [0.15, 0.2) is 5.69 Å². The SMILES string of the molecule is Cc1ccc(-n2nccn2)c(C(=O)N2CCCCC2CNc2nnc(C(F)(F)F)s2)n1. The van der Waals surface area contributed by atoms with E-state index in [4.69, 9.17) is 0 Å². The Bertz CT molecular complexity index is 1050. The fourth-order valence-corrected chi connectivity index (χ4v) is 4.06. The molecule has 164 valence electrons. The molecule has 0 spiro atoms. The quantitative estimate of drug-likeness (QED) is 0.635. The number of amides is 1. The summed E-state index contributed by atoms with van der Waals surface area (Å²) in [6.45, 7) is 2.58. The third-order valence-electron chi connectivity index (χ3n) is 4.89. The van der Waals surface area contributed by atoms with Crippen LogP contribution in [0.4, 0.5) is 18.3 Å². The van der Waals surface area contributed by atoms with E-state index in [-0.39, 0.29) is 29.3 Å². The average molecular weight is 452 g/mol. The summed E-state index contributed by atoms with van der Waals surface area (Å²) < 4.78 is 38.2. The fraction of sp³-hybridized carbons (Fsp3) is 0.444. The number of aryl methyl sites for hydroxylation is 1. The number of nitrogens with one attached hydrogen (secondary N) is 1. The Kier molecular flexibility index (Phi) is 5.85. The summed E-state index contributed by atoms with van der Waals surface area (Å²) in [6.07, 6.45) is 0.955. The van der Waals surface area contributed by atoms with Gasteiger partial charge in [-0.2, -0.15) is 23.4 Å². The average Bonchev–Trinajstić information content (AvgIpc) is 3.44. The van der Waals surface area contributed by atoms with Gasteiger partial charge in [-0.15, -0.1) is 15.0 Å². The molecule has 0 radical (unpaired) electrons. The Hall–Kier alpha value is -3.09. The van der Waals surface area contributed by atoms with Gasteiger partial charge in [0.1, 0.15) is 5.69 Å². The first-order chi connectivity index (χ1) is 14.8. The van der Waals surface area contributed by atoms with Crippen LogP contribution in [-0.2, 0) is 6.18 Å². The molecule has 0 aliphatic carbocycles. The molecule has 1 N–H and O–H groups in total. The highest BCUT2D eigenvalue weighted by Gasteiger charge is 2.36. The molecule has 4 heterocycles. The molecular weight excluding hydrogens is 433 g/mol. The van der Waals surface area contributed by atoms with E-state index in [0.717, 1.165) is 12.8 Å². The van der Waals surface area contributed by atoms with Gasteiger partial charge in [-0.3, -0.25) is 4.79 Å². The Labute approximate surface area is 179 Å². The first-order valence-electron chi connectivity index (χ1n) is 9.63. The van der Waals surface area contributed by atoms with E-state index in [1.54, 1.807) is 24.0 Å². The molecule has 9 nitrogen and oxygen atoms in total. The molecule has 3 aromatic heterocycles. The third-order valence-corrected chi connectivity index (χ3v) is 5.82. The zero-order valence-electron chi connectivity index (χ0n) is 16.5. The molecule has 0 bridgehead atoms. The molecule has 31 heavy (non-hydrogen) atoms. The van der Waals surface area contributed by atoms with Crippen molar-refractivity contribution in [3.05, 3.63) is 40.9 Å². The number of hydrogen-bond acceptors (Lipinski definition) is 8. The highest BCUT2D eigenvalue weighted by Crippen LogP contribution is 2.33. The van der Waals surface area contributed by atoms with Crippen LogP contribution in [-0.4, -0.2) is 60.1 Å². The van der Waals surface area contributed by atoms with Crippen molar-refractivity contribution in [3.63, 3.8) is 0 Å². The van der Waals surface area contributed by atoms with Gasteiger partial charge in [0.2, 0.25) is 10.1 Å². The van der Waals surface area contributed by atoms with Gasteiger partial charge >= 0.3 is 6.18 Å². The van der Waals surface area contributed by atoms with Crippen LogP contribution < -0.4 is 5.32 Å². The molecule has 1 fully saturated rings. The van der Waals surface area contributed by atoms with Crippen LogP contribution in [0, 0.1) is 6.92 Å². The van der Waals surface area contributed by atoms with Gasteiger partial charge in [0.05, 0.1) is 12.4 Å². The Morgan fingerprint density at radius 2 is 2.00 bits per heavy atom.